The van der Waals surface area contributed by atoms with Gasteiger partial charge in [-0.15, -0.1) is 0 Å². The van der Waals surface area contributed by atoms with E-state index >= 15 is 0 Å². The second-order valence-corrected chi connectivity index (χ2v) is 6.22. The minimum absolute atomic E-state index is 0.0214. The highest BCUT2D eigenvalue weighted by Gasteiger charge is 2.34. The molecule has 160 valence electrons. The van der Waals surface area contributed by atoms with Gasteiger partial charge in [-0.3, -0.25) is 0 Å². The minimum Gasteiger partial charge on any atom is -0.488 e. The zero-order chi connectivity index (χ0) is 22.1. The first-order chi connectivity index (χ1) is 14.1. The summed E-state index contributed by atoms with van der Waals surface area (Å²) in [5.74, 6) is -0.877. The Hall–Kier alpha value is -3.44. The molecule has 12 heteroatoms. The topological polar surface area (TPSA) is 71.2 Å². The molecule has 0 spiro atoms. The van der Waals surface area contributed by atoms with Gasteiger partial charge in [-0.2, -0.15) is 31.3 Å². The number of alkyl halides is 5. The van der Waals surface area contributed by atoms with Gasteiger partial charge in [-0.05, 0) is 41.6 Å². The molecule has 0 radical (unpaired) electrons. The number of aryl methyl sites for hydroxylation is 2. The highest BCUT2D eigenvalue weighted by molar-refractivity contribution is 5.49. The SMILES string of the molecule is Cc1ccc(OCc2c(OC(F)F)cccc2-n2nnn(C)c2=O)c(C(F)(F)F)c1. The maximum atomic E-state index is 13.3. The number of hydrogen-bond donors (Lipinski definition) is 0. The molecule has 1 heterocycles. The van der Waals surface area contributed by atoms with E-state index in [-0.39, 0.29) is 17.0 Å². The lowest BCUT2D eigenvalue weighted by molar-refractivity contribution is -0.139. The summed E-state index contributed by atoms with van der Waals surface area (Å²) in [7, 11) is 1.32. The van der Waals surface area contributed by atoms with Crippen LogP contribution >= 0.6 is 0 Å². The van der Waals surface area contributed by atoms with E-state index in [4.69, 9.17) is 4.74 Å². The lowest BCUT2D eigenvalue weighted by Gasteiger charge is -2.18. The molecule has 3 rings (SSSR count). The van der Waals surface area contributed by atoms with Crippen molar-refractivity contribution in [2.24, 2.45) is 7.05 Å². The second-order valence-electron chi connectivity index (χ2n) is 6.22. The molecule has 0 atom stereocenters. The third-order valence-electron chi connectivity index (χ3n) is 4.09. The molecular weight excluding hydrogens is 415 g/mol. The van der Waals surface area contributed by atoms with Crippen LogP contribution in [0.15, 0.2) is 41.2 Å². The standard InChI is InChI=1S/C18H15F5N4O3/c1-10-6-7-15(12(8-10)18(21,22)23)29-9-11-13(27-17(28)26(2)24-25-27)4-3-5-14(11)30-16(19)20/h3-8,16H,9H2,1-2H3. The lowest BCUT2D eigenvalue weighted by Crippen LogP contribution is -2.23. The lowest BCUT2D eigenvalue weighted by atomic mass is 10.1. The molecule has 1 aromatic heterocycles. The zero-order valence-corrected chi connectivity index (χ0v) is 15.7. The Morgan fingerprint density at radius 1 is 1.10 bits per heavy atom. The van der Waals surface area contributed by atoms with Gasteiger partial charge < -0.3 is 9.47 Å². The number of tetrazole rings is 1. The molecular formula is C18H15F5N4O3. The van der Waals surface area contributed by atoms with Crippen molar-refractivity contribution in [3.63, 3.8) is 0 Å². The number of ether oxygens (including phenoxy) is 2. The quantitative estimate of drug-likeness (QED) is 0.560. The minimum atomic E-state index is -4.69. The van der Waals surface area contributed by atoms with Crippen molar-refractivity contribution in [2.45, 2.75) is 26.3 Å². The summed E-state index contributed by atoms with van der Waals surface area (Å²) in [6.45, 7) is -2.32. The summed E-state index contributed by atoms with van der Waals surface area (Å²) < 4.78 is 77.1. The number of nitrogens with zero attached hydrogens (tertiary/aromatic N) is 4. The Morgan fingerprint density at radius 3 is 2.43 bits per heavy atom. The van der Waals surface area contributed by atoms with Gasteiger partial charge in [0, 0.05) is 7.05 Å². The third kappa shape index (κ3) is 4.42. The van der Waals surface area contributed by atoms with E-state index < -0.39 is 36.4 Å². The molecule has 0 amide bonds. The van der Waals surface area contributed by atoms with E-state index in [1.54, 1.807) is 0 Å². The molecule has 0 saturated heterocycles. The average molecular weight is 430 g/mol. The second kappa shape index (κ2) is 8.13. The zero-order valence-electron chi connectivity index (χ0n) is 15.7. The Kier molecular flexibility index (Phi) is 5.76. The number of aromatic nitrogens is 4. The van der Waals surface area contributed by atoms with Crippen LogP contribution in [0.2, 0.25) is 0 Å². The number of hydrogen-bond acceptors (Lipinski definition) is 5. The van der Waals surface area contributed by atoms with Crippen LogP contribution in [0.25, 0.3) is 5.69 Å². The van der Waals surface area contributed by atoms with Crippen molar-refractivity contribution in [1.29, 1.82) is 0 Å². The maximum Gasteiger partial charge on any atom is 0.419 e. The van der Waals surface area contributed by atoms with Crippen LogP contribution in [-0.4, -0.2) is 26.4 Å². The first-order valence-corrected chi connectivity index (χ1v) is 8.44. The van der Waals surface area contributed by atoms with Crippen LogP contribution in [0.3, 0.4) is 0 Å². The Bertz CT molecular complexity index is 1110. The van der Waals surface area contributed by atoms with Crippen LogP contribution in [-0.2, 0) is 19.8 Å². The fourth-order valence-corrected chi connectivity index (χ4v) is 2.71. The molecule has 7 nitrogen and oxygen atoms in total. The molecule has 0 aliphatic heterocycles. The van der Waals surface area contributed by atoms with Gasteiger partial charge in [-0.1, -0.05) is 17.7 Å². The van der Waals surface area contributed by atoms with Crippen LogP contribution in [0.1, 0.15) is 16.7 Å². The van der Waals surface area contributed by atoms with Crippen LogP contribution < -0.4 is 15.2 Å². The van der Waals surface area contributed by atoms with Crippen molar-refractivity contribution < 1.29 is 31.4 Å². The molecule has 0 aliphatic carbocycles. The van der Waals surface area contributed by atoms with Crippen molar-refractivity contribution in [2.75, 3.05) is 0 Å². The van der Waals surface area contributed by atoms with Gasteiger partial charge in [0.25, 0.3) is 0 Å². The van der Waals surface area contributed by atoms with Crippen molar-refractivity contribution >= 4 is 0 Å². The molecule has 2 aromatic carbocycles. The van der Waals surface area contributed by atoms with E-state index in [9.17, 15) is 26.7 Å². The average Bonchev–Trinajstić information content (AvgIpc) is 2.99. The van der Waals surface area contributed by atoms with Crippen LogP contribution in [0.5, 0.6) is 11.5 Å². The largest absolute Gasteiger partial charge is 0.488 e. The summed E-state index contributed by atoms with van der Waals surface area (Å²) in [5, 5.41) is 7.17. The van der Waals surface area contributed by atoms with Gasteiger partial charge in [0.2, 0.25) is 0 Å². The monoisotopic (exact) mass is 430 g/mol. The third-order valence-corrected chi connectivity index (χ3v) is 4.09. The normalized spacial score (nSPS) is 11.7. The van der Waals surface area contributed by atoms with E-state index in [0.717, 1.165) is 21.5 Å². The maximum absolute atomic E-state index is 13.3. The van der Waals surface area contributed by atoms with E-state index in [2.05, 4.69) is 15.2 Å². The number of halogens is 5. The summed E-state index contributed by atoms with van der Waals surface area (Å²) in [5.41, 5.74) is -1.48. The van der Waals surface area contributed by atoms with E-state index in [1.807, 2.05) is 0 Å². The van der Waals surface area contributed by atoms with Crippen molar-refractivity contribution in [1.82, 2.24) is 19.8 Å². The fraction of sp³-hybridized carbons (Fsp3) is 0.278. The molecule has 3 aromatic rings. The summed E-state index contributed by atoms with van der Waals surface area (Å²) in [4.78, 5) is 12.2. The molecule has 0 bridgehead atoms. The van der Waals surface area contributed by atoms with Gasteiger partial charge in [0.15, 0.2) is 0 Å². The molecule has 0 N–H and O–H groups in total. The summed E-state index contributed by atoms with van der Waals surface area (Å²) in [6, 6.07) is 7.31. The first-order valence-electron chi connectivity index (χ1n) is 8.44. The van der Waals surface area contributed by atoms with Gasteiger partial charge in [0.1, 0.15) is 18.1 Å². The molecule has 30 heavy (non-hydrogen) atoms. The molecule has 0 fully saturated rings. The van der Waals surface area contributed by atoms with E-state index in [0.29, 0.717) is 5.56 Å². The Morgan fingerprint density at radius 2 is 1.83 bits per heavy atom. The highest BCUT2D eigenvalue weighted by atomic mass is 19.4. The molecule has 0 aliphatic rings. The van der Waals surface area contributed by atoms with Gasteiger partial charge in [0.05, 0.1) is 16.8 Å². The predicted molar refractivity (Wildman–Crippen MR) is 93.7 cm³/mol. The Labute approximate surface area is 166 Å². The summed E-state index contributed by atoms with van der Waals surface area (Å²) in [6.07, 6.45) is -4.69. The fourth-order valence-electron chi connectivity index (χ4n) is 2.71. The smallest absolute Gasteiger partial charge is 0.419 e. The Balaban J connectivity index is 2.05. The van der Waals surface area contributed by atoms with E-state index in [1.165, 1.54) is 38.2 Å². The van der Waals surface area contributed by atoms with Crippen molar-refractivity contribution in [3.8, 4) is 17.2 Å². The van der Waals surface area contributed by atoms with Gasteiger partial charge >= 0.3 is 18.5 Å². The summed E-state index contributed by atoms with van der Waals surface area (Å²) >= 11 is 0. The highest BCUT2D eigenvalue weighted by Crippen LogP contribution is 2.37. The number of benzene rings is 2. The van der Waals surface area contributed by atoms with Crippen LogP contribution in [0, 0.1) is 6.92 Å². The molecule has 0 unspecified atom stereocenters. The molecule has 0 saturated carbocycles. The number of rotatable bonds is 6. The van der Waals surface area contributed by atoms with Gasteiger partial charge in [-0.25, -0.2) is 4.79 Å². The first kappa shape index (κ1) is 21.3. The van der Waals surface area contributed by atoms with Crippen molar-refractivity contribution in [3.05, 3.63) is 63.6 Å². The predicted octanol–water partition coefficient (Wildman–Crippen LogP) is 3.47. The van der Waals surface area contributed by atoms with Crippen LogP contribution in [0.4, 0.5) is 22.0 Å².